The van der Waals surface area contributed by atoms with Gasteiger partial charge in [0, 0.05) is 16.8 Å². The number of hydrogen-bond donors (Lipinski definition) is 1. The maximum Gasteiger partial charge on any atom is 0.237 e. The van der Waals surface area contributed by atoms with Gasteiger partial charge in [0.25, 0.3) is 0 Å². The predicted molar refractivity (Wildman–Crippen MR) is 96.6 cm³/mol. The first-order valence-electron chi connectivity index (χ1n) is 9.65. The Labute approximate surface area is 149 Å². The van der Waals surface area contributed by atoms with Crippen molar-refractivity contribution in [1.82, 2.24) is 10.2 Å². The molecule has 4 nitrogen and oxygen atoms in total. The van der Waals surface area contributed by atoms with Crippen LogP contribution in [-0.2, 0) is 4.79 Å². The molecule has 0 aromatic carbocycles. The number of thioether (sulfide) groups is 1. The summed E-state index contributed by atoms with van der Waals surface area (Å²) in [5.74, 6) is 3.04. The van der Waals surface area contributed by atoms with Crippen LogP contribution in [0.4, 0.5) is 0 Å². The van der Waals surface area contributed by atoms with Gasteiger partial charge in [0.05, 0.1) is 12.6 Å². The Morgan fingerprint density at radius 1 is 1.33 bits per heavy atom. The van der Waals surface area contributed by atoms with E-state index in [2.05, 4.69) is 30.1 Å². The Bertz CT molecular complexity index is 543. The maximum absolute atomic E-state index is 12.6. The SMILES string of the molecule is CCSC12CC3CC(CC(NCC(=O)N4CCC[C@H]4C#N)(C3)C1)C2. The van der Waals surface area contributed by atoms with Crippen molar-refractivity contribution in [3.8, 4) is 6.07 Å². The minimum atomic E-state index is -0.197. The van der Waals surface area contributed by atoms with Gasteiger partial charge in [0.1, 0.15) is 6.04 Å². The fourth-order valence-corrected chi connectivity index (χ4v) is 8.12. The topological polar surface area (TPSA) is 56.1 Å². The molecule has 1 heterocycles. The van der Waals surface area contributed by atoms with Crippen LogP contribution < -0.4 is 5.32 Å². The molecule has 0 aromatic rings. The van der Waals surface area contributed by atoms with Crippen LogP contribution in [-0.4, -0.2) is 46.0 Å². The number of nitrogens with one attached hydrogen (secondary N) is 1. The standard InChI is InChI=1S/C19H29N3OS/c1-2-24-19-9-14-6-15(10-19)8-18(7-14,13-19)21-12-17(23)22-5-3-4-16(22)11-20/h14-16,21H,2-10,12-13H2,1H3/t14?,15?,16-,18?,19?/m0/s1. The molecule has 4 aliphatic carbocycles. The van der Waals surface area contributed by atoms with Crippen LogP contribution in [0.3, 0.4) is 0 Å². The highest BCUT2D eigenvalue weighted by atomic mass is 32.2. The molecule has 0 radical (unpaired) electrons. The summed E-state index contributed by atoms with van der Waals surface area (Å²) >= 11 is 2.17. The highest BCUT2D eigenvalue weighted by Gasteiger charge is 2.57. The fraction of sp³-hybridized carbons (Fsp3) is 0.895. The van der Waals surface area contributed by atoms with Gasteiger partial charge >= 0.3 is 0 Å². The van der Waals surface area contributed by atoms with Gasteiger partial charge in [-0.05, 0) is 69.0 Å². The lowest BCUT2D eigenvalue weighted by atomic mass is 9.52. The Kier molecular flexibility index (Phi) is 4.33. The number of carbonyl (C=O) groups is 1. The Morgan fingerprint density at radius 2 is 2.08 bits per heavy atom. The second-order valence-electron chi connectivity index (χ2n) is 8.59. The largest absolute Gasteiger partial charge is 0.326 e. The van der Waals surface area contributed by atoms with E-state index in [1.54, 1.807) is 4.90 Å². The highest BCUT2D eigenvalue weighted by Crippen LogP contribution is 2.62. The normalized spacial score (nSPS) is 43.2. The average molecular weight is 348 g/mol. The van der Waals surface area contributed by atoms with Crippen LogP contribution in [0.2, 0.25) is 0 Å². The Morgan fingerprint density at radius 3 is 2.75 bits per heavy atom. The molecule has 24 heavy (non-hydrogen) atoms. The van der Waals surface area contributed by atoms with Gasteiger partial charge in [-0.3, -0.25) is 4.79 Å². The molecule has 5 rings (SSSR count). The number of nitriles is 1. The summed E-state index contributed by atoms with van der Waals surface area (Å²) in [6, 6.07) is 2.09. The van der Waals surface area contributed by atoms with E-state index >= 15 is 0 Å². The first-order chi connectivity index (χ1) is 11.6. The number of carbonyl (C=O) groups excluding carboxylic acids is 1. The second-order valence-corrected chi connectivity index (χ2v) is 10.3. The number of rotatable bonds is 5. The zero-order valence-electron chi connectivity index (χ0n) is 14.7. The summed E-state index contributed by atoms with van der Waals surface area (Å²) in [6.45, 7) is 3.46. The second kappa shape index (κ2) is 6.21. The highest BCUT2D eigenvalue weighted by molar-refractivity contribution is 8.00. The number of amides is 1. The van der Waals surface area contributed by atoms with E-state index in [4.69, 9.17) is 0 Å². The number of likely N-dealkylation sites (tertiary alicyclic amines) is 1. The quantitative estimate of drug-likeness (QED) is 0.831. The van der Waals surface area contributed by atoms with E-state index in [1.807, 2.05) is 0 Å². The molecule has 2 unspecified atom stereocenters. The van der Waals surface area contributed by atoms with Gasteiger partial charge in [0.2, 0.25) is 5.91 Å². The molecule has 5 fully saturated rings. The van der Waals surface area contributed by atoms with E-state index < -0.39 is 0 Å². The van der Waals surface area contributed by atoms with Crippen LogP contribution in [0.15, 0.2) is 0 Å². The summed E-state index contributed by atoms with van der Waals surface area (Å²) in [7, 11) is 0. The molecule has 4 saturated carbocycles. The predicted octanol–water partition coefficient (Wildman–Crippen LogP) is 2.94. The van der Waals surface area contributed by atoms with Crippen LogP contribution in [0, 0.1) is 23.2 Å². The van der Waals surface area contributed by atoms with Crippen molar-refractivity contribution in [2.24, 2.45) is 11.8 Å². The molecule has 0 aromatic heterocycles. The molecular formula is C19H29N3OS. The average Bonchev–Trinajstić information content (AvgIpc) is 3.00. The minimum absolute atomic E-state index is 0.131. The third-order valence-electron chi connectivity index (χ3n) is 6.79. The molecule has 5 aliphatic rings. The fourth-order valence-electron chi connectivity index (χ4n) is 6.42. The Balaban J connectivity index is 1.43. The number of nitrogens with zero attached hydrogens (tertiary/aromatic N) is 2. The van der Waals surface area contributed by atoms with E-state index in [0.717, 1.165) is 31.2 Å². The molecular weight excluding hydrogens is 318 g/mol. The van der Waals surface area contributed by atoms with Crippen LogP contribution in [0.5, 0.6) is 0 Å². The van der Waals surface area contributed by atoms with E-state index in [0.29, 0.717) is 11.3 Å². The summed E-state index contributed by atoms with van der Waals surface area (Å²) in [4.78, 5) is 14.4. The summed E-state index contributed by atoms with van der Waals surface area (Å²) in [5, 5.41) is 12.9. The molecule has 1 saturated heterocycles. The van der Waals surface area contributed by atoms with Crippen molar-refractivity contribution in [2.45, 2.75) is 74.6 Å². The zero-order chi connectivity index (χ0) is 16.8. The smallest absolute Gasteiger partial charge is 0.237 e. The molecule has 132 valence electrons. The van der Waals surface area contributed by atoms with Crippen LogP contribution in [0.1, 0.15) is 58.3 Å². The van der Waals surface area contributed by atoms with Crippen molar-refractivity contribution in [3.05, 3.63) is 0 Å². The zero-order valence-corrected chi connectivity index (χ0v) is 15.5. The first kappa shape index (κ1) is 16.7. The molecule has 1 amide bonds. The number of hydrogen-bond acceptors (Lipinski definition) is 4. The van der Waals surface area contributed by atoms with Crippen LogP contribution in [0.25, 0.3) is 0 Å². The van der Waals surface area contributed by atoms with Gasteiger partial charge in [-0.1, -0.05) is 6.92 Å². The van der Waals surface area contributed by atoms with Crippen molar-refractivity contribution in [3.63, 3.8) is 0 Å². The molecule has 1 aliphatic heterocycles. The Hall–Kier alpha value is -0.730. The molecule has 5 heteroatoms. The van der Waals surface area contributed by atoms with Crippen LogP contribution >= 0.6 is 11.8 Å². The van der Waals surface area contributed by atoms with Gasteiger partial charge in [-0.15, -0.1) is 0 Å². The third kappa shape index (κ3) is 2.86. The van der Waals surface area contributed by atoms with E-state index in [-0.39, 0.29) is 17.5 Å². The lowest BCUT2D eigenvalue weighted by molar-refractivity contribution is -0.131. The van der Waals surface area contributed by atoms with Gasteiger partial charge in [-0.2, -0.15) is 17.0 Å². The summed E-state index contributed by atoms with van der Waals surface area (Å²) < 4.78 is 0.470. The molecule has 3 atom stereocenters. The van der Waals surface area contributed by atoms with Crippen molar-refractivity contribution >= 4 is 17.7 Å². The van der Waals surface area contributed by atoms with Gasteiger partial charge in [0.15, 0.2) is 0 Å². The van der Waals surface area contributed by atoms with E-state index in [1.165, 1.54) is 44.3 Å². The van der Waals surface area contributed by atoms with Gasteiger partial charge in [-0.25, -0.2) is 0 Å². The summed E-state index contributed by atoms with van der Waals surface area (Å²) in [6.07, 6.45) is 9.74. The van der Waals surface area contributed by atoms with Crippen molar-refractivity contribution in [1.29, 1.82) is 5.26 Å². The lowest BCUT2D eigenvalue weighted by Gasteiger charge is -2.62. The lowest BCUT2D eigenvalue weighted by Crippen LogP contribution is -2.64. The summed E-state index contributed by atoms with van der Waals surface area (Å²) in [5.41, 5.74) is 0.184. The van der Waals surface area contributed by atoms with Gasteiger partial charge < -0.3 is 10.2 Å². The molecule has 4 bridgehead atoms. The first-order valence-corrected chi connectivity index (χ1v) is 10.6. The van der Waals surface area contributed by atoms with E-state index in [9.17, 15) is 10.1 Å². The molecule has 0 spiro atoms. The van der Waals surface area contributed by atoms with Crippen molar-refractivity contribution in [2.75, 3.05) is 18.8 Å². The molecule has 1 N–H and O–H groups in total. The maximum atomic E-state index is 12.6. The minimum Gasteiger partial charge on any atom is -0.326 e. The van der Waals surface area contributed by atoms with Crippen molar-refractivity contribution < 1.29 is 4.79 Å². The monoisotopic (exact) mass is 347 g/mol. The third-order valence-corrected chi connectivity index (χ3v) is 8.17.